The third kappa shape index (κ3) is 3.83. The molecule has 0 bridgehead atoms. The van der Waals surface area contributed by atoms with Crippen molar-refractivity contribution < 1.29 is 15.0 Å². The molecule has 3 rings (SSSR count). The summed E-state index contributed by atoms with van der Waals surface area (Å²) in [5.74, 6) is -1.72. The van der Waals surface area contributed by atoms with Gasteiger partial charge in [0, 0.05) is 5.69 Å². The van der Waals surface area contributed by atoms with Gasteiger partial charge < -0.3 is 14.8 Å². The number of benzene rings is 2. The number of aromatic carboxylic acids is 1. The van der Waals surface area contributed by atoms with Crippen molar-refractivity contribution in [1.29, 1.82) is 5.26 Å². The molecule has 0 aliphatic carbocycles. The van der Waals surface area contributed by atoms with Crippen LogP contribution in [0.2, 0.25) is 0 Å². The summed E-state index contributed by atoms with van der Waals surface area (Å²) in [5, 5.41) is 29.1. The number of rotatable bonds is 6. The van der Waals surface area contributed by atoms with E-state index in [0.717, 1.165) is 16.7 Å². The second kappa shape index (κ2) is 8.66. The zero-order chi connectivity index (χ0) is 21.8. The molecule has 2 aromatic carbocycles. The second-order valence-electron chi connectivity index (χ2n) is 7.10. The molecule has 0 unspecified atom stereocenters. The molecule has 0 aliphatic heterocycles. The summed E-state index contributed by atoms with van der Waals surface area (Å²) in [6, 6.07) is 17.0. The standard InChI is InChI=1S/C24H22N2O4/c1-3-6-20-21(24(29)30)22(27)15(2)23(28)26(20)14-16-9-11-17(12-10-16)19-8-5-4-7-18(19)13-25/h4-5,7-12,27H,3,6,14H2,1-2H3,(H,29,30). The van der Waals surface area contributed by atoms with E-state index in [9.17, 15) is 25.1 Å². The van der Waals surface area contributed by atoms with Crippen LogP contribution in [0.25, 0.3) is 11.1 Å². The lowest BCUT2D eigenvalue weighted by molar-refractivity contribution is 0.0690. The molecule has 0 spiro atoms. The Bertz CT molecular complexity index is 1200. The number of carboxylic acid groups (broad SMARTS) is 1. The van der Waals surface area contributed by atoms with Crippen LogP contribution in [0.3, 0.4) is 0 Å². The van der Waals surface area contributed by atoms with E-state index in [2.05, 4.69) is 6.07 Å². The minimum Gasteiger partial charge on any atom is -0.506 e. The Morgan fingerprint density at radius 3 is 2.40 bits per heavy atom. The van der Waals surface area contributed by atoms with E-state index in [4.69, 9.17) is 0 Å². The van der Waals surface area contributed by atoms with Gasteiger partial charge in [-0.2, -0.15) is 5.26 Å². The van der Waals surface area contributed by atoms with Gasteiger partial charge in [-0.25, -0.2) is 4.79 Å². The molecular formula is C24H22N2O4. The van der Waals surface area contributed by atoms with Crippen LogP contribution in [0.4, 0.5) is 0 Å². The first-order valence-electron chi connectivity index (χ1n) is 9.66. The Morgan fingerprint density at radius 1 is 1.13 bits per heavy atom. The topological polar surface area (TPSA) is 103 Å². The monoisotopic (exact) mass is 402 g/mol. The van der Waals surface area contributed by atoms with Gasteiger partial charge in [0.2, 0.25) is 0 Å². The molecule has 0 atom stereocenters. The molecule has 6 heteroatoms. The predicted molar refractivity (Wildman–Crippen MR) is 114 cm³/mol. The molecule has 2 N–H and O–H groups in total. The van der Waals surface area contributed by atoms with Crippen molar-refractivity contribution in [2.24, 2.45) is 0 Å². The molecule has 152 valence electrons. The van der Waals surface area contributed by atoms with E-state index in [1.165, 1.54) is 11.5 Å². The van der Waals surface area contributed by atoms with E-state index in [1.54, 1.807) is 6.07 Å². The minimum atomic E-state index is -1.25. The van der Waals surface area contributed by atoms with Crippen molar-refractivity contribution in [3.63, 3.8) is 0 Å². The first-order chi connectivity index (χ1) is 14.4. The van der Waals surface area contributed by atoms with Gasteiger partial charge in [0.05, 0.1) is 23.7 Å². The van der Waals surface area contributed by atoms with Crippen LogP contribution in [0, 0.1) is 18.3 Å². The van der Waals surface area contributed by atoms with Crippen molar-refractivity contribution in [2.75, 3.05) is 0 Å². The molecule has 0 radical (unpaired) electrons. The lowest BCUT2D eigenvalue weighted by Gasteiger charge is -2.18. The number of nitriles is 1. The van der Waals surface area contributed by atoms with Gasteiger partial charge in [0.15, 0.2) is 0 Å². The number of carbonyl (C=O) groups is 1. The van der Waals surface area contributed by atoms with Crippen molar-refractivity contribution >= 4 is 5.97 Å². The van der Waals surface area contributed by atoms with Gasteiger partial charge in [0.1, 0.15) is 11.3 Å². The first kappa shape index (κ1) is 20.9. The number of nitrogens with zero attached hydrogens (tertiary/aromatic N) is 2. The fourth-order valence-electron chi connectivity index (χ4n) is 3.58. The van der Waals surface area contributed by atoms with Crippen LogP contribution in [-0.2, 0) is 13.0 Å². The number of hydrogen-bond acceptors (Lipinski definition) is 4. The molecule has 0 saturated heterocycles. The molecule has 3 aromatic rings. The van der Waals surface area contributed by atoms with Gasteiger partial charge in [-0.3, -0.25) is 4.79 Å². The molecule has 0 saturated carbocycles. The highest BCUT2D eigenvalue weighted by molar-refractivity contribution is 5.92. The zero-order valence-corrected chi connectivity index (χ0v) is 16.8. The number of carboxylic acids is 1. The molecule has 0 fully saturated rings. The number of aromatic hydroxyl groups is 1. The fourth-order valence-corrected chi connectivity index (χ4v) is 3.58. The summed E-state index contributed by atoms with van der Waals surface area (Å²) >= 11 is 0. The van der Waals surface area contributed by atoms with Crippen molar-refractivity contribution in [3.8, 4) is 22.9 Å². The Labute approximate surface area is 174 Å². The van der Waals surface area contributed by atoms with Gasteiger partial charge in [-0.15, -0.1) is 0 Å². The predicted octanol–water partition coefficient (Wildman–Crippen LogP) is 4.10. The van der Waals surface area contributed by atoms with Gasteiger partial charge >= 0.3 is 5.97 Å². The second-order valence-corrected chi connectivity index (χ2v) is 7.10. The summed E-state index contributed by atoms with van der Waals surface area (Å²) in [5.41, 5.74) is 2.81. The van der Waals surface area contributed by atoms with E-state index >= 15 is 0 Å². The third-order valence-corrected chi connectivity index (χ3v) is 5.13. The van der Waals surface area contributed by atoms with E-state index in [0.29, 0.717) is 24.1 Å². The quantitative estimate of drug-likeness (QED) is 0.646. The molecule has 6 nitrogen and oxygen atoms in total. The van der Waals surface area contributed by atoms with E-state index < -0.39 is 17.3 Å². The summed E-state index contributed by atoms with van der Waals surface area (Å²) in [7, 11) is 0. The summed E-state index contributed by atoms with van der Waals surface area (Å²) < 4.78 is 1.43. The normalized spacial score (nSPS) is 10.6. The maximum absolute atomic E-state index is 12.8. The SMILES string of the molecule is CCCc1c(C(=O)O)c(O)c(C)c(=O)n1Cc1ccc(-c2ccccc2C#N)cc1. The van der Waals surface area contributed by atoms with Crippen LogP contribution in [-0.4, -0.2) is 20.7 Å². The van der Waals surface area contributed by atoms with Crippen LogP contribution < -0.4 is 5.56 Å². The summed E-state index contributed by atoms with van der Waals surface area (Å²) in [6.07, 6.45) is 0.991. The Balaban J connectivity index is 2.06. The molecule has 0 amide bonds. The number of aromatic nitrogens is 1. The van der Waals surface area contributed by atoms with Gasteiger partial charge in [-0.1, -0.05) is 55.8 Å². The van der Waals surface area contributed by atoms with Gasteiger partial charge in [-0.05, 0) is 36.1 Å². The van der Waals surface area contributed by atoms with E-state index in [-0.39, 0.29) is 17.7 Å². The van der Waals surface area contributed by atoms with Crippen molar-refractivity contribution in [1.82, 2.24) is 4.57 Å². The average molecular weight is 402 g/mol. The Hall–Kier alpha value is -3.85. The Morgan fingerprint density at radius 2 is 1.80 bits per heavy atom. The highest BCUT2D eigenvalue weighted by atomic mass is 16.4. The van der Waals surface area contributed by atoms with E-state index in [1.807, 2.05) is 49.4 Å². The molecule has 1 aromatic heterocycles. The lowest BCUT2D eigenvalue weighted by Crippen LogP contribution is -2.29. The van der Waals surface area contributed by atoms with Crippen molar-refractivity contribution in [2.45, 2.75) is 33.2 Å². The van der Waals surface area contributed by atoms with Crippen LogP contribution in [0.5, 0.6) is 5.75 Å². The molecule has 0 aliphatic rings. The fraction of sp³-hybridized carbons (Fsp3) is 0.208. The number of hydrogen-bond donors (Lipinski definition) is 2. The maximum Gasteiger partial charge on any atom is 0.341 e. The minimum absolute atomic E-state index is 0.0202. The van der Waals surface area contributed by atoms with Crippen LogP contribution in [0.15, 0.2) is 53.3 Å². The van der Waals surface area contributed by atoms with Crippen LogP contribution >= 0.6 is 0 Å². The molecule has 1 heterocycles. The molecule has 30 heavy (non-hydrogen) atoms. The Kier molecular flexibility index (Phi) is 6.03. The highest BCUT2D eigenvalue weighted by Crippen LogP contribution is 2.26. The lowest BCUT2D eigenvalue weighted by atomic mass is 9.99. The smallest absolute Gasteiger partial charge is 0.341 e. The van der Waals surface area contributed by atoms with Crippen LogP contribution in [0.1, 0.15) is 46.1 Å². The van der Waals surface area contributed by atoms with Crippen molar-refractivity contribution in [3.05, 3.63) is 86.8 Å². The highest BCUT2D eigenvalue weighted by Gasteiger charge is 2.23. The van der Waals surface area contributed by atoms with Gasteiger partial charge in [0.25, 0.3) is 5.56 Å². The maximum atomic E-state index is 12.8. The molecular weight excluding hydrogens is 380 g/mol. The zero-order valence-electron chi connectivity index (χ0n) is 16.8. The first-order valence-corrected chi connectivity index (χ1v) is 9.66. The number of pyridine rings is 1. The summed E-state index contributed by atoms with van der Waals surface area (Å²) in [6.45, 7) is 3.51. The largest absolute Gasteiger partial charge is 0.506 e. The third-order valence-electron chi connectivity index (χ3n) is 5.13. The average Bonchev–Trinajstić information content (AvgIpc) is 2.75. The summed E-state index contributed by atoms with van der Waals surface area (Å²) in [4.78, 5) is 24.6.